The predicted octanol–water partition coefficient (Wildman–Crippen LogP) is 5.64. The van der Waals surface area contributed by atoms with E-state index >= 15 is 0 Å². The van der Waals surface area contributed by atoms with Crippen molar-refractivity contribution in [1.29, 1.82) is 0 Å². The second-order valence-electron chi connectivity index (χ2n) is 5.66. The van der Waals surface area contributed by atoms with Crippen LogP contribution in [0.25, 0.3) is 6.08 Å². The molecule has 0 bridgehead atoms. The first kappa shape index (κ1) is 18.0. The number of carbonyl (C=O) groups is 1. The van der Waals surface area contributed by atoms with Crippen LogP contribution in [0.3, 0.4) is 0 Å². The van der Waals surface area contributed by atoms with Crippen LogP contribution in [0.4, 0.5) is 5.69 Å². The van der Waals surface area contributed by atoms with E-state index in [4.69, 9.17) is 4.74 Å². The number of anilines is 1. The van der Waals surface area contributed by atoms with Crippen molar-refractivity contribution < 1.29 is 9.53 Å². The van der Waals surface area contributed by atoms with Crippen molar-refractivity contribution in [3.8, 4) is 5.75 Å². The minimum atomic E-state index is -0.202. The van der Waals surface area contributed by atoms with Crippen LogP contribution in [-0.2, 0) is 11.4 Å². The molecule has 0 saturated heterocycles. The molecule has 3 aromatic rings. The summed E-state index contributed by atoms with van der Waals surface area (Å²) in [5.74, 6) is 0.553. The highest BCUT2D eigenvalue weighted by atomic mass is 79.9. The van der Waals surface area contributed by atoms with E-state index in [1.807, 2.05) is 84.9 Å². The Morgan fingerprint density at radius 2 is 1.50 bits per heavy atom. The molecule has 0 fully saturated rings. The Labute approximate surface area is 161 Å². The fourth-order valence-corrected chi connectivity index (χ4v) is 2.69. The third kappa shape index (κ3) is 5.33. The fourth-order valence-electron chi connectivity index (χ4n) is 2.33. The molecule has 0 radical (unpaired) electrons. The molecule has 3 nitrogen and oxygen atoms in total. The molecule has 0 atom stereocenters. The lowest BCUT2D eigenvalue weighted by Gasteiger charge is -2.08. The standard InChI is InChI=1S/C22H18BrNO2/c23-21(15-17-7-3-1-4-8-17)22(25)24-19-11-13-20(14-12-19)26-16-18-9-5-2-6-10-18/h1-15H,16H2,(H,24,25)/b21-15+. The normalized spacial score (nSPS) is 11.0. The van der Waals surface area contributed by atoms with E-state index in [1.165, 1.54) is 0 Å². The fraction of sp³-hybridized carbons (Fsp3) is 0.0455. The smallest absolute Gasteiger partial charge is 0.262 e. The molecule has 0 aromatic heterocycles. The number of nitrogens with one attached hydrogen (secondary N) is 1. The summed E-state index contributed by atoms with van der Waals surface area (Å²) in [7, 11) is 0. The van der Waals surface area contributed by atoms with Gasteiger partial charge in [-0.2, -0.15) is 0 Å². The zero-order chi connectivity index (χ0) is 18.2. The maximum Gasteiger partial charge on any atom is 0.262 e. The van der Waals surface area contributed by atoms with E-state index < -0.39 is 0 Å². The van der Waals surface area contributed by atoms with Crippen LogP contribution in [0.5, 0.6) is 5.75 Å². The van der Waals surface area contributed by atoms with Crippen LogP contribution < -0.4 is 10.1 Å². The van der Waals surface area contributed by atoms with E-state index in [1.54, 1.807) is 6.08 Å². The molecular formula is C22H18BrNO2. The van der Waals surface area contributed by atoms with Crippen molar-refractivity contribution in [2.75, 3.05) is 5.32 Å². The SMILES string of the molecule is O=C(Nc1ccc(OCc2ccccc2)cc1)/C(Br)=C\c1ccccc1. The molecule has 3 aromatic carbocycles. The number of halogens is 1. The molecule has 0 heterocycles. The Morgan fingerprint density at radius 3 is 2.15 bits per heavy atom. The van der Waals surface area contributed by atoms with Crippen molar-refractivity contribution in [1.82, 2.24) is 0 Å². The van der Waals surface area contributed by atoms with Gasteiger partial charge in [0.2, 0.25) is 0 Å². The number of rotatable bonds is 6. The Balaban J connectivity index is 1.56. The highest BCUT2D eigenvalue weighted by molar-refractivity contribution is 9.12. The summed E-state index contributed by atoms with van der Waals surface area (Å²) in [6.07, 6.45) is 1.78. The number of amides is 1. The van der Waals surface area contributed by atoms with Gasteiger partial charge in [-0.15, -0.1) is 0 Å². The van der Waals surface area contributed by atoms with Gasteiger partial charge in [-0.25, -0.2) is 0 Å². The molecule has 1 amide bonds. The first-order chi connectivity index (χ1) is 12.7. The maximum atomic E-state index is 12.3. The molecule has 26 heavy (non-hydrogen) atoms. The van der Waals surface area contributed by atoms with Gasteiger partial charge in [0.1, 0.15) is 12.4 Å². The zero-order valence-electron chi connectivity index (χ0n) is 14.1. The number of carbonyl (C=O) groups excluding carboxylic acids is 1. The topological polar surface area (TPSA) is 38.3 Å². The van der Waals surface area contributed by atoms with Gasteiger partial charge in [-0.1, -0.05) is 60.7 Å². The first-order valence-electron chi connectivity index (χ1n) is 8.21. The Bertz CT molecular complexity index is 875. The molecule has 4 heteroatoms. The second-order valence-corrected chi connectivity index (χ2v) is 6.51. The van der Waals surface area contributed by atoms with Gasteiger partial charge >= 0.3 is 0 Å². The summed E-state index contributed by atoms with van der Waals surface area (Å²) in [5, 5.41) is 2.85. The molecule has 0 saturated carbocycles. The lowest BCUT2D eigenvalue weighted by molar-refractivity contribution is -0.112. The summed E-state index contributed by atoms with van der Waals surface area (Å²) in [4.78, 5) is 12.3. The summed E-state index contributed by atoms with van der Waals surface area (Å²) in [6, 6.07) is 27.0. The van der Waals surface area contributed by atoms with Crippen molar-refractivity contribution in [3.63, 3.8) is 0 Å². The van der Waals surface area contributed by atoms with Crippen LogP contribution in [-0.4, -0.2) is 5.91 Å². The Morgan fingerprint density at radius 1 is 0.885 bits per heavy atom. The summed E-state index contributed by atoms with van der Waals surface area (Å²) < 4.78 is 6.21. The van der Waals surface area contributed by atoms with Crippen molar-refractivity contribution in [3.05, 3.63) is 101 Å². The van der Waals surface area contributed by atoms with E-state index in [0.29, 0.717) is 16.8 Å². The van der Waals surface area contributed by atoms with E-state index in [2.05, 4.69) is 21.2 Å². The van der Waals surface area contributed by atoms with Gasteiger partial charge in [-0.3, -0.25) is 4.79 Å². The van der Waals surface area contributed by atoms with Gasteiger partial charge in [0, 0.05) is 5.69 Å². The van der Waals surface area contributed by atoms with Crippen LogP contribution >= 0.6 is 15.9 Å². The third-order valence-corrected chi connectivity index (χ3v) is 4.26. The van der Waals surface area contributed by atoms with E-state index in [0.717, 1.165) is 16.9 Å². The molecule has 0 aliphatic heterocycles. The number of benzene rings is 3. The van der Waals surface area contributed by atoms with Gasteiger partial charge in [0.05, 0.1) is 4.48 Å². The van der Waals surface area contributed by atoms with Gasteiger partial charge in [0.25, 0.3) is 5.91 Å². The zero-order valence-corrected chi connectivity index (χ0v) is 15.6. The predicted molar refractivity (Wildman–Crippen MR) is 109 cm³/mol. The maximum absolute atomic E-state index is 12.3. The van der Waals surface area contributed by atoms with Crippen LogP contribution in [0.2, 0.25) is 0 Å². The van der Waals surface area contributed by atoms with Gasteiger partial charge in [0.15, 0.2) is 0 Å². The minimum absolute atomic E-state index is 0.202. The van der Waals surface area contributed by atoms with Crippen molar-refractivity contribution >= 4 is 33.6 Å². The highest BCUT2D eigenvalue weighted by Gasteiger charge is 2.07. The lowest BCUT2D eigenvalue weighted by Crippen LogP contribution is -2.11. The van der Waals surface area contributed by atoms with Crippen LogP contribution in [0, 0.1) is 0 Å². The van der Waals surface area contributed by atoms with E-state index in [9.17, 15) is 4.79 Å². The van der Waals surface area contributed by atoms with Crippen molar-refractivity contribution in [2.45, 2.75) is 6.61 Å². The third-order valence-electron chi connectivity index (χ3n) is 3.67. The van der Waals surface area contributed by atoms with Crippen LogP contribution in [0.1, 0.15) is 11.1 Å². The summed E-state index contributed by atoms with van der Waals surface area (Å²) in [5.41, 5.74) is 2.78. The Kier molecular flexibility index (Phi) is 6.23. The minimum Gasteiger partial charge on any atom is -0.489 e. The largest absolute Gasteiger partial charge is 0.489 e. The molecule has 0 spiro atoms. The first-order valence-corrected chi connectivity index (χ1v) is 9.00. The summed E-state index contributed by atoms with van der Waals surface area (Å²) >= 11 is 3.33. The Hall–Kier alpha value is -2.85. The van der Waals surface area contributed by atoms with Gasteiger partial charge < -0.3 is 10.1 Å². The van der Waals surface area contributed by atoms with E-state index in [-0.39, 0.29) is 5.91 Å². The summed E-state index contributed by atoms with van der Waals surface area (Å²) in [6.45, 7) is 0.512. The molecule has 3 rings (SSSR count). The number of ether oxygens (including phenoxy) is 1. The lowest BCUT2D eigenvalue weighted by atomic mass is 10.2. The molecule has 0 unspecified atom stereocenters. The van der Waals surface area contributed by atoms with Crippen LogP contribution in [0.15, 0.2) is 89.4 Å². The second kappa shape index (κ2) is 9.02. The number of hydrogen-bond donors (Lipinski definition) is 1. The van der Waals surface area contributed by atoms with Gasteiger partial charge in [-0.05, 0) is 57.4 Å². The molecule has 130 valence electrons. The number of hydrogen-bond acceptors (Lipinski definition) is 2. The molecular weight excluding hydrogens is 390 g/mol. The molecule has 0 aliphatic carbocycles. The quantitative estimate of drug-likeness (QED) is 0.536. The average Bonchev–Trinajstić information content (AvgIpc) is 2.69. The monoisotopic (exact) mass is 407 g/mol. The van der Waals surface area contributed by atoms with Crippen molar-refractivity contribution in [2.24, 2.45) is 0 Å². The average molecular weight is 408 g/mol. The highest BCUT2D eigenvalue weighted by Crippen LogP contribution is 2.19. The molecule has 0 aliphatic rings. The molecule has 1 N–H and O–H groups in total.